The van der Waals surface area contributed by atoms with Gasteiger partial charge in [-0.1, -0.05) is 6.92 Å². The van der Waals surface area contributed by atoms with E-state index >= 15 is 0 Å². The minimum atomic E-state index is -0.342. The molecule has 29 heavy (non-hydrogen) atoms. The second kappa shape index (κ2) is 9.63. The molecule has 4 rings (SSSR count). The first-order valence-corrected chi connectivity index (χ1v) is 10.8. The van der Waals surface area contributed by atoms with Gasteiger partial charge in [-0.15, -0.1) is 12.4 Å². The van der Waals surface area contributed by atoms with E-state index in [1.165, 1.54) is 18.9 Å². The van der Waals surface area contributed by atoms with Crippen molar-refractivity contribution in [1.82, 2.24) is 14.5 Å². The van der Waals surface area contributed by atoms with Crippen LogP contribution < -0.4 is 5.69 Å². The summed E-state index contributed by atoms with van der Waals surface area (Å²) in [6.07, 6.45) is 8.13. The number of halogens is 2. The van der Waals surface area contributed by atoms with Crippen molar-refractivity contribution in [3.63, 3.8) is 0 Å². The first-order chi connectivity index (χ1) is 13.6. The molecule has 5 nitrogen and oxygen atoms in total. The number of nitrogens with one attached hydrogen (secondary N) is 1. The Labute approximate surface area is 178 Å². The molecule has 0 amide bonds. The molecule has 1 saturated heterocycles. The Bertz CT molecular complexity index is 865. The van der Waals surface area contributed by atoms with Gasteiger partial charge in [-0.3, -0.25) is 4.57 Å². The Hall–Kier alpha value is -1.37. The predicted molar refractivity (Wildman–Crippen MR) is 117 cm³/mol. The minimum absolute atomic E-state index is 0. The molecule has 0 bridgehead atoms. The van der Waals surface area contributed by atoms with Crippen LogP contribution in [-0.4, -0.2) is 46.3 Å². The molecule has 1 aromatic heterocycles. The number of imidazole rings is 1. The number of hydrogen-bond acceptors (Lipinski definition) is 3. The summed E-state index contributed by atoms with van der Waals surface area (Å²) in [5.74, 6) is -0.342. The van der Waals surface area contributed by atoms with E-state index in [2.05, 4.69) is 16.8 Å². The molecule has 0 unspecified atom stereocenters. The van der Waals surface area contributed by atoms with Crippen LogP contribution in [0.2, 0.25) is 0 Å². The number of aromatic nitrogens is 2. The van der Waals surface area contributed by atoms with Crippen LogP contribution in [0.4, 0.5) is 4.39 Å². The lowest BCUT2D eigenvalue weighted by molar-refractivity contribution is 0.00254. The Morgan fingerprint density at radius 1 is 1.10 bits per heavy atom. The van der Waals surface area contributed by atoms with Crippen LogP contribution in [0.25, 0.3) is 11.0 Å². The van der Waals surface area contributed by atoms with Crippen molar-refractivity contribution in [3.05, 3.63) is 34.0 Å². The van der Waals surface area contributed by atoms with Gasteiger partial charge in [0.15, 0.2) is 0 Å². The van der Waals surface area contributed by atoms with Crippen LogP contribution in [0.1, 0.15) is 63.5 Å². The lowest BCUT2D eigenvalue weighted by Gasteiger charge is -2.41. The van der Waals surface area contributed by atoms with Gasteiger partial charge < -0.3 is 14.6 Å². The third-order valence-corrected chi connectivity index (χ3v) is 6.51. The molecule has 1 N–H and O–H groups in total. The zero-order valence-electron chi connectivity index (χ0n) is 17.5. The van der Waals surface area contributed by atoms with Gasteiger partial charge in [-0.2, -0.15) is 0 Å². The average molecular weight is 426 g/mol. The highest BCUT2D eigenvalue weighted by molar-refractivity contribution is 5.85. The largest absolute Gasteiger partial charge is 0.378 e. The summed E-state index contributed by atoms with van der Waals surface area (Å²) in [5.41, 5.74) is 1.70. The van der Waals surface area contributed by atoms with Crippen LogP contribution in [0.15, 0.2) is 16.9 Å². The fourth-order valence-electron chi connectivity index (χ4n) is 5.05. The molecule has 162 valence electrons. The molecule has 0 spiro atoms. The van der Waals surface area contributed by atoms with Crippen molar-refractivity contribution >= 4 is 23.4 Å². The number of H-pyrrole nitrogens is 1. The number of aromatic amines is 1. The quantitative estimate of drug-likeness (QED) is 0.763. The van der Waals surface area contributed by atoms with E-state index in [-0.39, 0.29) is 30.0 Å². The molecular weight excluding hydrogens is 393 g/mol. The minimum Gasteiger partial charge on any atom is -0.378 e. The molecule has 1 aromatic carbocycles. The normalized spacial score (nSPS) is 24.0. The molecule has 2 aromatic rings. The van der Waals surface area contributed by atoms with Gasteiger partial charge in [0.2, 0.25) is 0 Å². The monoisotopic (exact) mass is 425 g/mol. The van der Waals surface area contributed by atoms with Crippen LogP contribution in [0, 0.1) is 12.7 Å². The van der Waals surface area contributed by atoms with Crippen molar-refractivity contribution < 1.29 is 9.13 Å². The zero-order valence-corrected chi connectivity index (χ0v) is 18.3. The SMILES string of the molecule is CCCO[C@H]1CC[C@H](N2CCC(n3c(=O)[nH]c4c(F)cc(C)cc43)CC2)CC1.Cl. The number of nitrogens with zero attached hydrogens (tertiary/aromatic N) is 2. The highest BCUT2D eigenvalue weighted by Gasteiger charge is 2.30. The number of benzene rings is 1. The molecule has 2 aliphatic rings. The summed E-state index contributed by atoms with van der Waals surface area (Å²) >= 11 is 0. The van der Waals surface area contributed by atoms with Crippen LogP contribution >= 0.6 is 12.4 Å². The van der Waals surface area contributed by atoms with Gasteiger partial charge >= 0.3 is 5.69 Å². The van der Waals surface area contributed by atoms with E-state index in [1.807, 2.05) is 13.0 Å². The lowest BCUT2D eigenvalue weighted by Crippen LogP contribution is -2.45. The van der Waals surface area contributed by atoms with Crippen molar-refractivity contribution in [1.29, 1.82) is 0 Å². The van der Waals surface area contributed by atoms with E-state index in [9.17, 15) is 9.18 Å². The highest BCUT2D eigenvalue weighted by atomic mass is 35.5. The number of rotatable bonds is 5. The van der Waals surface area contributed by atoms with E-state index in [0.717, 1.165) is 57.4 Å². The summed E-state index contributed by atoms with van der Waals surface area (Å²) in [6, 6.07) is 4.18. The summed E-state index contributed by atoms with van der Waals surface area (Å²) in [4.78, 5) is 17.8. The van der Waals surface area contributed by atoms with Gasteiger partial charge in [0, 0.05) is 31.8 Å². The van der Waals surface area contributed by atoms with Gasteiger partial charge in [-0.25, -0.2) is 9.18 Å². The summed E-state index contributed by atoms with van der Waals surface area (Å²) < 4.78 is 21.9. The standard InChI is InChI=1S/C22H32FN3O2.ClH/c1-3-12-28-18-6-4-16(5-7-18)25-10-8-17(9-11-25)26-20-14-15(2)13-19(23)21(20)24-22(26)27;/h13-14,16-18H,3-12H2,1-2H3,(H,24,27);1H/t16-,18-;. The number of likely N-dealkylation sites (tertiary alicyclic amines) is 1. The van der Waals surface area contributed by atoms with Gasteiger partial charge in [0.1, 0.15) is 11.3 Å². The molecular formula is C22H33ClFN3O2. The third-order valence-electron chi connectivity index (χ3n) is 6.51. The maximum absolute atomic E-state index is 14.2. The number of hydrogen-bond donors (Lipinski definition) is 1. The fourth-order valence-corrected chi connectivity index (χ4v) is 5.05. The molecule has 0 radical (unpaired) electrons. The lowest BCUT2D eigenvalue weighted by atomic mass is 9.90. The van der Waals surface area contributed by atoms with Crippen LogP contribution in [0.5, 0.6) is 0 Å². The Morgan fingerprint density at radius 2 is 1.79 bits per heavy atom. The number of aryl methyl sites for hydroxylation is 1. The summed E-state index contributed by atoms with van der Waals surface area (Å²) in [6.45, 7) is 6.91. The molecule has 7 heteroatoms. The van der Waals surface area contributed by atoms with E-state index < -0.39 is 0 Å². The number of fused-ring (bicyclic) bond motifs is 1. The molecule has 2 heterocycles. The maximum atomic E-state index is 14.2. The van der Waals surface area contributed by atoms with Crippen molar-refractivity contribution in [2.24, 2.45) is 0 Å². The second-order valence-corrected chi connectivity index (χ2v) is 8.51. The highest BCUT2D eigenvalue weighted by Crippen LogP contribution is 2.31. The molecule has 0 atom stereocenters. The van der Waals surface area contributed by atoms with E-state index in [0.29, 0.717) is 23.2 Å². The smallest absolute Gasteiger partial charge is 0.326 e. The van der Waals surface area contributed by atoms with Crippen molar-refractivity contribution in [3.8, 4) is 0 Å². The van der Waals surface area contributed by atoms with E-state index in [1.54, 1.807) is 4.57 Å². The second-order valence-electron chi connectivity index (χ2n) is 8.51. The summed E-state index contributed by atoms with van der Waals surface area (Å²) in [7, 11) is 0. The molecule has 1 aliphatic carbocycles. The van der Waals surface area contributed by atoms with Gasteiger partial charge in [0.25, 0.3) is 0 Å². The predicted octanol–water partition coefficient (Wildman–Crippen LogP) is 4.57. The molecule has 2 fully saturated rings. The number of ether oxygens (including phenoxy) is 1. The Morgan fingerprint density at radius 3 is 2.45 bits per heavy atom. The fraction of sp³-hybridized carbons (Fsp3) is 0.682. The topological polar surface area (TPSA) is 50.3 Å². The first-order valence-electron chi connectivity index (χ1n) is 10.8. The van der Waals surface area contributed by atoms with Gasteiger partial charge in [0.05, 0.1) is 11.6 Å². The Balaban J connectivity index is 0.00000240. The average Bonchev–Trinajstić information content (AvgIpc) is 3.03. The van der Waals surface area contributed by atoms with Gasteiger partial charge in [-0.05, 0) is 69.6 Å². The van der Waals surface area contributed by atoms with Crippen molar-refractivity contribution in [2.45, 2.75) is 77.0 Å². The zero-order chi connectivity index (χ0) is 19.7. The first kappa shape index (κ1) is 22.3. The molecule has 1 aliphatic heterocycles. The number of piperidine rings is 1. The van der Waals surface area contributed by atoms with Crippen molar-refractivity contribution in [2.75, 3.05) is 19.7 Å². The summed E-state index contributed by atoms with van der Waals surface area (Å²) in [5, 5.41) is 0. The van der Waals surface area contributed by atoms with Crippen LogP contribution in [0.3, 0.4) is 0 Å². The Kier molecular flexibility index (Phi) is 7.41. The van der Waals surface area contributed by atoms with Crippen LogP contribution in [-0.2, 0) is 4.74 Å². The maximum Gasteiger partial charge on any atom is 0.326 e. The molecule has 1 saturated carbocycles. The third kappa shape index (κ3) is 4.70. The van der Waals surface area contributed by atoms with E-state index in [4.69, 9.17) is 4.74 Å².